The van der Waals surface area contributed by atoms with Gasteiger partial charge in [0.15, 0.2) is 0 Å². The highest BCUT2D eigenvalue weighted by molar-refractivity contribution is 9.10. The van der Waals surface area contributed by atoms with Gasteiger partial charge in [0.1, 0.15) is 12.1 Å². The molecule has 0 aliphatic carbocycles. The van der Waals surface area contributed by atoms with Gasteiger partial charge in [0, 0.05) is 18.8 Å². The molecule has 1 aromatic rings. The maximum atomic E-state index is 4.21. The Kier molecular flexibility index (Phi) is 3.91. The van der Waals surface area contributed by atoms with E-state index in [4.69, 9.17) is 0 Å². The molecule has 1 aliphatic rings. The first-order valence-corrected chi connectivity index (χ1v) is 6.08. The van der Waals surface area contributed by atoms with Crippen molar-refractivity contribution in [1.82, 2.24) is 15.3 Å². The Balaban J connectivity index is 1.98. The van der Waals surface area contributed by atoms with Crippen LogP contribution in [0.4, 0.5) is 5.82 Å². The second-order valence-corrected chi connectivity index (χ2v) is 4.61. The Morgan fingerprint density at radius 2 is 2.40 bits per heavy atom. The molecule has 1 unspecified atom stereocenters. The lowest BCUT2D eigenvalue weighted by Gasteiger charge is -2.17. The smallest absolute Gasteiger partial charge is 0.143 e. The fraction of sp³-hybridized carbons (Fsp3) is 0.600. The van der Waals surface area contributed by atoms with E-state index in [1.165, 1.54) is 19.3 Å². The second-order valence-electron chi connectivity index (χ2n) is 3.76. The summed E-state index contributed by atoms with van der Waals surface area (Å²) in [5, 5.41) is 6.84. The lowest BCUT2D eigenvalue weighted by molar-refractivity contribution is 0.633. The molecule has 0 saturated carbocycles. The normalized spacial score (nSPS) is 22.1. The summed E-state index contributed by atoms with van der Waals surface area (Å²) in [6.07, 6.45) is 7.07. The molecule has 1 atom stereocenters. The van der Waals surface area contributed by atoms with Gasteiger partial charge < -0.3 is 10.6 Å². The summed E-state index contributed by atoms with van der Waals surface area (Å²) in [5.41, 5.74) is 0. The molecular formula is C10H15BrN4. The summed E-state index contributed by atoms with van der Waals surface area (Å²) >= 11 is 3.43. The van der Waals surface area contributed by atoms with E-state index in [1.54, 1.807) is 12.5 Å². The third kappa shape index (κ3) is 3.14. The van der Waals surface area contributed by atoms with Crippen LogP contribution in [0.3, 0.4) is 0 Å². The summed E-state index contributed by atoms with van der Waals surface area (Å²) in [5.74, 6) is 0.888. The van der Waals surface area contributed by atoms with Crippen LogP contribution in [-0.2, 0) is 0 Å². The third-order valence-electron chi connectivity index (χ3n) is 2.56. The maximum Gasteiger partial charge on any atom is 0.143 e. The molecule has 5 heteroatoms. The molecule has 1 fully saturated rings. The number of nitrogens with one attached hydrogen (secondary N) is 2. The van der Waals surface area contributed by atoms with E-state index in [0.717, 1.165) is 23.4 Å². The molecule has 0 spiro atoms. The van der Waals surface area contributed by atoms with Crippen molar-refractivity contribution in [3.05, 3.63) is 17.0 Å². The van der Waals surface area contributed by atoms with Crippen LogP contribution in [0.2, 0.25) is 0 Å². The molecule has 2 rings (SSSR count). The molecule has 1 aliphatic heterocycles. The Hall–Kier alpha value is -0.680. The first-order chi connectivity index (χ1) is 7.36. The Morgan fingerprint density at radius 3 is 3.27 bits per heavy atom. The molecule has 1 saturated heterocycles. The largest absolute Gasteiger partial charge is 0.365 e. The van der Waals surface area contributed by atoms with Crippen molar-refractivity contribution < 1.29 is 0 Å². The monoisotopic (exact) mass is 270 g/mol. The molecule has 15 heavy (non-hydrogen) atoms. The van der Waals surface area contributed by atoms with Crippen LogP contribution in [0.15, 0.2) is 17.0 Å². The van der Waals surface area contributed by atoms with Gasteiger partial charge in [0.25, 0.3) is 0 Å². The lowest BCUT2D eigenvalue weighted by atomic mass is 10.1. The van der Waals surface area contributed by atoms with Crippen LogP contribution in [0.5, 0.6) is 0 Å². The molecule has 0 bridgehead atoms. The molecule has 1 aromatic heterocycles. The highest BCUT2D eigenvalue weighted by Crippen LogP contribution is 2.19. The summed E-state index contributed by atoms with van der Waals surface area (Å²) < 4.78 is 0.925. The van der Waals surface area contributed by atoms with Crippen molar-refractivity contribution in [3.8, 4) is 0 Å². The first-order valence-electron chi connectivity index (χ1n) is 5.29. The molecule has 2 N–H and O–H groups in total. The number of anilines is 1. The zero-order valence-electron chi connectivity index (χ0n) is 8.54. The van der Waals surface area contributed by atoms with E-state index < -0.39 is 0 Å². The second kappa shape index (κ2) is 5.42. The van der Waals surface area contributed by atoms with Gasteiger partial charge in [-0.15, -0.1) is 0 Å². The van der Waals surface area contributed by atoms with Gasteiger partial charge in [0.05, 0.1) is 4.47 Å². The van der Waals surface area contributed by atoms with Crippen LogP contribution < -0.4 is 10.6 Å². The number of halogens is 1. The summed E-state index contributed by atoms with van der Waals surface area (Å²) in [7, 11) is 0. The molecule has 82 valence electrons. The van der Waals surface area contributed by atoms with Crippen LogP contribution in [0.1, 0.15) is 19.3 Å². The summed E-state index contributed by atoms with van der Waals surface area (Å²) in [6, 6.07) is 0.471. The van der Waals surface area contributed by atoms with Crippen molar-refractivity contribution in [2.75, 3.05) is 18.4 Å². The molecule has 0 radical (unpaired) electrons. The van der Waals surface area contributed by atoms with E-state index >= 15 is 0 Å². The van der Waals surface area contributed by atoms with Crippen LogP contribution >= 0.6 is 15.9 Å². The van der Waals surface area contributed by atoms with Gasteiger partial charge in [-0.3, -0.25) is 0 Å². The topological polar surface area (TPSA) is 49.8 Å². The predicted octanol–water partition coefficient (Wildman–Crippen LogP) is 1.79. The van der Waals surface area contributed by atoms with Gasteiger partial charge in [-0.1, -0.05) is 6.42 Å². The average Bonchev–Trinajstić information content (AvgIpc) is 2.50. The van der Waals surface area contributed by atoms with E-state index in [2.05, 4.69) is 36.5 Å². The van der Waals surface area contributed by atoms with Gasteiger partial charge in [-0.05, 0) is 35.3 Å². The Bertz CT molecular complexity index is 310. The SMILES string of the molecule is Brc1cncnc1NC1CCCCNC1. The first kappa shape index (κ1) is 10.8. The van der Waals surface area contributed by atoms with E-state index in [0.29, 0.717) is 6.04 Å². The van der Waals surface area contributed by atoms with E-state index in [1.807, 2.05) is 0 Å². The van der Waals surface area contributed by atoms with Crippen molar-refractivity contribution in [1.29, 1.82) is 0 Å². The zero-order valence-corrected chi connectivity index (χ0v) is 10.1. The van der Waals surface area contributed by atoms with Gasteiger partial charge in [0.2, 0.25) is 0 Å². The highest BCUT2D eigenvalue weighted by atomic mass is 79.9. The number of nitrogens with zero attached hydrogens (tertiary/aromatic N) is 2. The van der Waals surface area contributed by atoms with Crippen molar-refractivity contribution in [2.24, 2.45) is 0 Å². The van der Waals surface area contributed by atoms with Gasteiger partial charge >= 0.3 is 0 Å². The molecular weight excluding hydrogens is 256 g/mol. The third-order valence-corrected chi connectivity index (χ3v) is 3.14. The van der Waals surface area contributed by atoms with Crippen molar-refractivity contribution in [3.63, 3.8) is 0 Å². The van der Waals surface area contributed by atoms with E-state index in [9.17, 15) is 0 Å². The molecule has 2 heterocycles. The van der Waals surface area contributed by atoms with Crippen LogP contribution in [0.25, 0.3) is 0 Å². The molecule has 4 nitrogen and oxygen atoms in total. The van der Waals surface area contributed by atoms with Crippen molar-refractivity contribution >= 4 is 21.7 Å². The van der Waals surface area contributed by atoms with E-state index in [-0.39, 0.29) is 0 Å². The number of rotatable bonds is 2. The number of hydrogen-bond acceptors (Lipinski definition) is 4. The minimum atomic E-state index is 0.471. The van der Waals surface area contributed by atoms with Gasteiger partial charge in [-0.25, -0.2) is 9.97 Å². The fourth-order valence-electron chi connectivity index (χ4n) is 1.75. The minimum Gasteiger partial charge on any atom is -0.365 e. The highest BCUT2D eigenvalue weighted by Gasteiger charge is 2.12. The van der Waals surface area contributed by atoms with Gasteiger partial charge in [-0.2, -0.15) is 0 Å². The Morgan fingerprint density at radius 1 is 1.47 bits per heavy atom. The minimum absolute atomic E-state index is 0.471. The number of hydrogen-bond donors (Lipinski definition) is 2. The maximum absolute atomic E-state index is 4.21. The lowest BCUT2D eigenvalue weighted by Crippen LogP contribution is -2.31. The number of aromatic nitrogens is 2. The molecule has 0 aromatic carbocycles. The van der Waals surface area contributed by atoms with Crippen molar-refractivity contribution in [2.45, 2.75) is 25.3 Å². The summed E-state index contributed by atoms with van der Waals surface area (Å²) in [6.45, 7) is 2.14. The summed E-state index contributed by atoms with van der Waals surface area (Å²) in [4.78, 5) is 8.15. The quantitative estimate of drug-likeness (QED) is 0.861. The zero-order chi connectivity index (χ0) is 10.5. The van der Waals surface area contributed by atoms with Crippen LogP contribution in [-0.4, -0.2) is 29.1 Å². The average molecular weight is 271 g/mol. The fourth-order valence-corrected chi connectivity index (χ4v) is 2.09. The van der Waals surface area contributed by atoms with Crippen LogP contribution in [0, 0.1) is 0 Å². The standard InChI is InChI=1S/C10H15BrN4/c11-9-6-13-7-14-10(9)15-8-3-1-2-4-12-5-8/h6-8,12H,1-5H2,(H,13,14,15). The molecule has 0 amide bonds. The predicted molar refractivity (Wildman–Crippen MR) is 63.9 cm³/mol. The Labute approximate surface area is 98.0 Å².